The molecule has 1 N–H and O–H groups in total. The molecule has 0 saturated carbocycles. The van der Waals surface area contributed by atoms with Crippen molar-refractivity contribution in [3.8, 4) is 11.6 Å². The summed E-state index contributed by atoms with van der Waals surface area (Å²) in [5.41, 5.74) is 0.986. The van der Waals surface area contributed by atoms with E-state index in [0.29, 0.717) is 29.2 Å². The third kappa shape index (κ3) is 3.18. The molecule has 0 spiro atoms. The van der Waals surface area contributed by atoms with Crippen molar-refractivity contribution in [1.82, 2.24) is 19.7 Å². The summed E-state index contributed by atoms with van der Waals surface area (Å²) in [4.78, 5) is 9.45. The number of halogens is 1. The molecular weight excluding hydrogens is 308 g/mol. The normalized spacial score (nSPS) is 11.4. The van der Waals surface area contributed by atoms with Gasteiger partial charge in [0, 0.05) is 36.4 Å². The zero-order valence-electron chi connectivity index (χ0n) is 11.7. The molecule has 0 atom stereocenters. The Labute approximate surface area is 131 Å². The zero-order chi connectivity index (χ0) is 14.8. The molecule has 3 heterocycles. The molecule has 0 aliphatic carbocycles. The molecular formula is C14H15ClN4OS. The number of thiazole rings is 1. The van der Waals surface area contributed by atoms with Crippen LogP contribution in [0.3, 0.4) is 0 Å². The van der Waals surface area contributed by atoms with Gasteiger partial charge in [0.2, 0.25) is 5.88 Å². The van der Waals surface area contributed by atoms with Crippen LogP contribution in [0.1, 0.15) is 19.5 Å². The largest absolute Gasteiger partial charge is 0.435 e. The van der Waals surface area contributed by atoms with Crippen LogP contribution in [0.4, 0.5) is 0 Å². The molecule has 0 radical (unpaired) electrons. The van der Waals surface area contributed by atoms with Crippen molar-refractivity contribution < 1.29 is 4.74 Å². The Morgan fingerprint density at radius 1 is 1.43 bits per heavy atom. The minimum absolute atomic E-state index is 0.384. The van der Waals surface area contributed by atoms with Gasteiger partial charge >= 0.3 is 0 Å². The third-order valence-corrected chi connectivity index (χ3v) is 3.86. The molecule has 3 rings (SSSR count). The van der Waals surface area contributed by atoms with Gasteiger partial charge in [0.15, 0.2) is 4.96 Å². The van der Waals surface area contributed by atoms with Gasteiger partial charge in [-0.1, -0.05) is 25.4 Å². The van der Waals surface area contributed by atoms with Crippen LogP contribution in [0.15, 0.2) is 30.0 Å². The Kier molecular flexibility index (Phi) is 4.10. The first-order valence-electron chi connectivity index (χ1n) is 6.59. The van der Waals surface area contributed by atoms with Crippen LogP contribution in [-0.4, -0.2) is 20.4 Å². The summed E-state index contributed by atoms with van der Waals surface area (Å²) in [6.45, 7) is 4.89. The number of fused-ring (bicyclic) bond motifs is 1. The lowest BCUT2D eigenvalue weighted by atomic mass is 10.3. The minimum atomic E-state index is 0.384. The zero-order valence-corrected chi connectivity index (χ0v) is 13.3. The number of hydrogen-bond donors (Lipinski definition) is 1. The second-order valence-corrected chi connectivity index (χ2v) is 6.21. The molecule has 0 unspecified atom stereocenters. The first kappa shape index (κ1) is 14.3. The number of rotatable bonds is 5. The van der Waals surface area contributed by atoms with Gasteiger partial charge in [0.1, 0.15) is 11.4 Å². The van der Waals surface area contributed by atoms with Crippen molar-refractivity contribution in [2.75, 3.05) is 0 Å². The summed E-state index contributed by atoms with van der Waals surface area (Å²) >= 11 is 7.51. The summed E-state index contributed by atoms with van der Waals surface area (Å²) < 4.78 is 7.89. The van der Waals surface area contributed by atoms with Crippen LogP contribution in [0, 0.1) is 0 Å². The van der Waals surface area contributed by atoms with Crippen LogP contribution in [0.2, 0.25) is 5.02 Å². The van der Waals surface area contributed by atoms with Gasteiger partial charge in [-0.05, 0) is 0 Å². The fourth-order valence-electron chi connectivity index (χ4n) is 1.92. The molecule has 110 valence electrons. The van der Waals surface area contributed by atoms with Gasteiger partial charge in [-0.2, -0.15) is 4.98 Å². The first-order valence-corrected chi connectivity index (χ1v) is 7.85. The fraction of sp³-hybridized carbons (Fsp3) is 0.286. The Morgan fingerprint density at radius 2 is 2.29 bits per heavy atom. The predicted molar refractivity (Wildman–Crippen MR) is 84.4 cm³/mol. The highest BCUT2D eigenvalue weighted by Gasteiger charge is 2.15. The van der Waals surface area contributed by atoms with Crippen LogP contribution >= 0.6 is 22.9 Å². The third-order valence-electron chi connectivity index (χ3n) is 2.90. The van der Waals surface area contributed by atoms with Gasteiger partial charge in [0.05, 0.1) is 11.2 Å². The van der Waals surface area contributed by atoms with Gasteiger partial charge in [-0.3, -0.25) is 9.38 Å². The molecule has 0 aromatic carbocycles. The van der Waals surface area contributed by atoms with E-state index in [-0.39, 0.29) is 0 Å². The van der Waals surface area contributed by atoms with E-state index >= 15 is 0 Å². The molecule has 7 heteroatoms. The molecule has 0 amide bonds. The number of nitrogens with zero attached hydrogens (tertiary/aromatic N) is 3. The molecule has 3 aromatic heterocycles. The second-order valence-electron chi connectivity index (χ2n) is 4.90. The molecule has 0 aliphatic rings. The average molecular weight is 323 g/mol. The number of ether oxygens (including phenoxy) is 1. The summed E-state index contributed by atoms with van der Waals surface area (Å²) in [5.74, 6) is 1.16. The average Bonchev–Trinajstić information content (AvgIpc) is 2.97. The van der Waals surface area contributed by atoms with E-state index in [2.05, 4.69) is 29.1 Å². The van der Waals surface area contributed by atoms with Crippen molar-refractivity contribution in [3.05, 3.63) is 40.8 Å². The monoisotopic (exact) mass is 322 g/mol. The second kappa shape index (κ2) is 6.01. The quantitative estimate of drug-likeness (QED) is 0.777. The number of imidazole rings is 1. The number of aromatic nitrogens is 3. The Bertz CT molecular complexity index is 752. The van der Waals surface area contributed by atoms with Gasteiger partial charge < -0.3 is 10.1 Å². The summed E-state index contributed by atoms with van der Waals surface area (Å²) in [6.07, 6.45) is 5.19. The molecule has 0 fully saturated rings. The molecule has 0 aliphatic heterocycles. The first-order chi connectivity index (χ1) is 10.1. The molecule has 21 heavy (non-hydrogen) atoms. The summed E-state index contributed by atoms with van der Waals surface area (Å²) in [7, 11) is 0. The van der Waals surface area contributed by atoms with Crippen molar-refractivity contribution in [3.63, 3.8) is 0 Å². The topological polar surface area (TPSA) is 51.5 Å². The highest BCUT2D eigenvalue weighted by atomic mass is 35.5. The predicted octanol–water partition coefficient (Wildman–Crippen LogP) is 3.73. The van der Waals surface area contributed by atoms with E-state index in [1.165, 1.54) is 0 Å². The van der Waals surface area contributed by atoms with E-state index < -0.39 is 0 Å². The van der Waals surface area contributed by atoms with E-state index in [0.717, 1.165) is 10.7 Å². The van der Waals surface area contributed by atoms with E-state index in [1.807, 2.05) is 16.0 Å². The smallest absolute Gasteiger partial charge is 0.243 e. The highest BCUT2D eigenvalue weighted by Crippen LogP contribution is 2.28. The Morgan fingerprint density at radius 3 is 3.05 bits per heavy atom. The maximum atomic E-state index is 5.93. The van der Waals surface area contributed by atoms with E-state index in [1.54, 1.807) is 29.8 Å². The van der Waals surface area contributed by atoms with Crippen LogP contribution in [0.5, 0.6) is 11.6 Å². The highest BCUT2D eigenvalue weighted by molar-refractivity contribution is 7.15. The lowest BCUT2D eigenvalue weighted by Crippen LogP contribution is -2.22. The molecule has 3 aromatic rings. The maximum absolute atomic E-state index is 5.93. The maximum Gasteiger partial charge on any atom is 0.243 e. The number of pyridine rings is 1. The van der Waals surface area contributed by atoms with Gasteiger partial charge in [0.25, 0.3) is 0 Å². The molecule has 5 nitrogen and oxygen atoms in total. The lowest BCUT2D eigenvalue weighted by Gasteiger charge is -2.09. The summed E-state index contributed by atoms with van der Waals surface area (Å²) in [5, 5.41) is 5.93. The van der Waals surface area contributed by atoms with Crippen LogP contribution in [-0.2, 0) is 6.54 Å². The van der Waals surface area contributed by atoms with Gasteiger partial charge in [-0.25, -0.2) is 0 Å². The Balaban J connectivity index is 1.93. The van der Waals surface area contributed by atoms with E-state index in [9.17, 15) is 0 Å². The van der Waals surface area contributed by atoms with Crippen LogP contribution in [0.25, 0.3) is 4.96 Å². The Hall–Kier alpha value is -1.63. The van der Waals surface area contributed by atoms with Crippen molar-refractivity contribution in [1.29, 1.82) is 0 Å². The van der Waals surface area contributed by atoms with Crippen molar-refractivity contribution >= 4 is 27.9 Å². The summed E-state index contributed by atoms with van der Waals surface area (Å²) in [6, 6.07) is 2.11. The van der Waals surface area contributed by atoms with Crippen molar-refractivity contribution in [2.24, 2.45) is 0 Å². The standard InChI is InChI=1S/C14H15ClN4OS/c1-9(2)17-8-12-13(18-14-19(12)3-4-21-14)20-11-5-10(15)6-16-7-11/h3-7,9,17H,8H2,1-2H3. The van der Waals surface area contributed by atoms with Crippen LogP contribution < -0.4 is 10.1 Å². The fourth-order valence-corrected chi connectivity index (χ4v) is 2.80. The SMILES string of the molecule is CC(C)NCc1c(Oc2cncc(Cl)c2)nc2sccn12. The van der Waals surface area contributed by atoms with Crippen molar-refractivity contribution in [2.45, 2.75) is 26.4 Å². The minimum Gasteiger partial charge on any atom is -0.435 e. The lowest BCUT2D eigenvalue weighted by molar-refractivity contribution is 0.450. The number of nitrogens with one attached hydrogen (secondary N) is 1. The molecule has 0 bridgehead atoms. The van der Waals surface area contributed by atoms with E-state index in [4.69, 9.17) is 16.3 Å². The van der Waals surface area contributed by atoms with Gasteiger partial charge in [-0.15, -0.1) is 11.3 Å². The number of hydrogen-bond acceptors (Lipinski definition) is 5. The molecule has 0 saturated heterocycles.